The van der Waals surface area contributed by atoms with E-state index < -0.39 is 0 Å². The van der Waals surface area contributed by atoms with Gasteiger partial charge in [-0.05, 0) is 34.8 Å². The quantitative estimate of drug-likeness (QED) is 0.858. The van der Waals surface area contributed by atoms with Crippen molar-refractivity contribution in [2.45, 2.75) is 12.8 Å². The molecular weight excluding hydrogens is 285 g/mol. The van der Waals surface area contributed by atoms with Crippen LogP contribution in [0.5, 0.6) is 0 Å². The molecule has 17 heavy (non-hydrogen) atoms. The molecule has 0 saturated heterocycles. The highest BCUT2D eigenvalue weighted by Gasteiger charge is 2.02. The van der Waals surface area contributed by atoms with Crippen LogP contribution in [0.1, 0.15) is 12.8 Å². The van der Waals surface area contributed by atoms with Crippen LogP contribution >= 0.6 is 15.9 Å². The molecule has 0 aliphatic rings. The van der Waals surface area contributed by atoms with Gasteiger partial charge in [0.2, 0.25) is 5.95 Å². The average Bonchev–Trinajstić information content (AvgIpc) is 2.36. The molecule has 2 aromatic rings. The van der Waals surface area contributed by atoms with Gasteiger partial charge in [0.25, 0.3) is 0 Å². The second-order valence-electron chi connectivity index (χ2n) is 3.69. The van der Waals surface area contributed by atoms with Crippen molar-refractivity contribution >= 4 is 32.8 Å². The van der Waals surface area contributed by atoms with Crippen molar-refractivity contribution in [3.05, 3.63) is 28.9 Å². The molecule has 0 aliphatic heterocycles. The number of unbranched alkanes of at least 4 members (excludes halogenated alkanes) is 1. The van der Waals surface area contributed by atoms with Crippen molar-refractivity contribution in [3.8, 4) is 0 Å². The molecule has 1 N–H and O–H groups in total. The second-order valence-corrected chi connectivity index (χ2v) is 4.55. The van der Waals surface area contributed by atoms with Crippen LogP contribution in [0.3, 0.4) is 0 Å². The highest BCUT2D eigenvalue weighted by atomic mass is 79.9. The summed E-state index contributed by atoms with van der Waals surface area (Å²) in [6, 6.07) is 5.86. The summed E-state index contributed by atoms with van der Waals surface area (Å²) < 4.78 is 12.9. The Balaban J connectivity index is 2.11. The van der Waals surface area contributed by atoms with Gasteiger partial charge in [0, 0.05) is 22.6 Å². The number of halogens is 2. The summed E-state index contributed by atoms with van der Waals surface area (Å²) in [6.07, 6.45) is 3.14. The van der Waals surface area contributed by atoms with Gasteiger partial charge in [-0.1, -0.05) is 12.1 Å². The van der Waals surface area contributed by atoms with Crippen LogP contribution in [-0.4, -0.2) is 23.2 Å². The van der Waals surface area contributed by atoms with Gasteiger partial charge in [-0.25, -0.2) is 9.97 Å². The molecule has 0 saturated carbocycles. The van der Waals surface area contributed by atoms with Crippen molar-refractivity contribution in [1.29, 1.82) is 0 Å². The number of rotatable bonds is 5. The number of alkyl halides is 1. The summed E-state index contributed by atoms with van der Waals surface area (Å²) in [5, 5.41) is 4.08. The Hall–Kier alpha value is -1.23. The van der Waals surface area contributed by atoms with E-state index in [0.29, 0.717) is 18.9 Å². The minimum absolute atomic E-state index is 0.272. The first-order valence-corrected chi connectivity index (χ1v) is 6.31. The van der Waals surface area contributed by atoms with Crippen LogP contribution in [0.25, 0.3) is 10.9 Å². The largest absolute Gasteiger partial charge is 0.354 e. The number of anilines is 1. The lowest BCUT2D eigenvalue weighted by molar-refractivity contribution is 0.466. The van der Waals surface area contributed by atoms with Crippen LogP contribution in [0.15, 0.2) is 28.9 Å². The Kier molecular flexibility index (Phi) is 4.25. The first-order valence-electron chi connectivity index (χ1n) is 5.52. The molecule has 0 fully saturated rings. The summed E-state index contributed by atoms with van der Waals surface area (Å²) in [5.74, 6) is 0.586. The zero-order valence-electron chi connectivity index (χ0n) is 9.29. The minimum Gasteiger partial charge on any atom is -0.354 e. The van der Waals surface area contributed by atoms with Crippen molar-refractivity contribution in [2.75, 3.05) is 18.5 Å². The highest BCUT2D eigenvalue weighted by molar-refractivity contribution is 9.10. The van der Waals surface area contributed by atoms with Crippen molar-refractivity contribution in [1.82, 2.24) is 9.97 Å². The maximum Gasteiger partial charge on any atom is 0.223 e. The zero-order valence-corrected chi connectivity index (χ0v) is 10.9. The Morgan fingerprint density at radius 2 is 2.18 bits per heavy atom. The van der Waals surface area contributed by atoms with Crippen LogP contribution in [0.2, 0.25) is 0 Å². The normalized spacial score (nSPS) is 10.7. The van der Waals surface area contributed by atoms with Gasteiger partial charge in [0.15, 0.2) is 0 Å². The lowest BCUT2D eigenvalue weighted by Crippen LogP contribution is -2.05. The molecule has 0 atom stereocenters. The monoisotopic (exact) mass is 297 g/mol. The van der Waals surface area contributed by atoms with Gasteiger partial charge in [-0.3, -0.25) is 4.39 Å². The Bertz CT molecular complexity index is 504. The molecular formula is C12H13BrFN3. The van der Waals surface area contributed by atoms with Crippen LogP contribution < -0.4 is 5.32 Å². The lowest BCUT2D eigenvalue weighted by atomic mass is 10.2. The molecule has 0 amide bonds. The van der Waals surface area contributed by atoms with Gasteiger partial charge in [0.05, 0.1) is 12.2 Å². The standard InChI is InChI=1S/C12H13BrFN3/c13-10-5-3-4-9-8-16-12(17-11(9)10)15-7-2-1-6-14/h3-5,8H,1-2,6-7H2,(H,15,16,17). The molecule has 0 spiro atoms. The number of para-hydroxylation sites is 1. The van der Waals surface area contributed by atoms with E-state index in [1.165, 1.54) is 0 Å². The molecule has 1 aromatic heterocycles. The third kappa shape index (κ3) is 3.12. The van der Waals surface area contributed by atoms with E-state index in [4.69, 9.17) is 0 Å². The van der Waals surface area contributed by atoms with Gasteiger partial charge in [-0.2, -0.15) is 0 Å². The molecule has 2 rings (SSSR count). The van der Waals surface area contributed by atoms with Crippen LogP contribution in [0.4, 0.5) is 10.3 Å². The van der Waals surface area contributed by atoms with E-state index in [-0.39, 0.29) is 6.67 Å². The fraction of sp³-hybridized carbons (Fsp3) is 0.333. The lowest BCUT2D eigenvalue weighted by Gasteiger charge is -2.05. The van der Waals surface area contributed by atoms with E-state index in [1.54, 1.807) is 6.20 Å². The second kappa shape index (κ2) is 5.91. The van der Waals surface area contributed by atoms with Crippen molar-refractivity contribution < 1.29 is 4.39 Å². The van der Waals surface area contributed by atoms with Gasteiger partial charge < -0.3 is 5.32 Å². The highest BCUT2D eigenvalue weighted by Crippen LogP contribution is 2.21. The number of nitrogens with zero attached hydrogens (tertiary/aromatic N) is 2. The third-order valence-electron chi connectivity index (χ3n) is 2.41. The minimum atomic E-state index is -0.272. The molecule has 0 unspecified atom stereocenters. The van der Waals surface area contributed by atoms with E-state index in [1.807, 2.05) is 18.2 Å². The number of benzene rings is 1. The first kappa shape index (κ1) is 12.2. The number of hydrogen-bond donors (Lipinski definition) is 1. The molecule has 1 heterocycles. The first-order chi connectivity index (χ1) is 8.31. The van der Waals surface area contributed by atoms with Crippen LogP contribution in [0, 0.1) is 0 Å². The number of fused-ring (bicyclic) bond motifs is 1. The number of hydrogen-bond acceptors (Lipinski definition) is 3. The predicted molar refractivity (Wildman–Crippen MR) is 70.9 cm³/mol. The molecule has 1 aromatic carbocycles. The molecule has 90 valence electrons. The van der Waals surface area contributed by atoms with Gasteiger partial charge >= 0.3 is 0 Å². The SMILES string of the molecule is FCCCCNc1ncc2cccc(Br)c2n1. The van der Waals surface area contributed by atoms with E-state index >= 15 is 0 Å². The van der Waals surface area contributed by atoms with E-state index in [0.717, 1.165) is 21.8 Å². The van der Waals surface area contributed by atoms with Crippen molar-refractivity contribution in [2.24, 2.45) is 0 Å². The average molecular weight is 298 g/mol. The molecule has 0 bridgehead atoms. The third-order valence-corrected chi connectivity index (χ3v) is 3.05. The maximum absolute atomic E-state index is 11.9. The summed E-state index contributed by atoms with van der Waals surface area (Å²) in [5.41, 5.74) is 0.885. The molecule has 5 heteroatoms. The molecule has 3 nitrogen and oxygen atoms in total. The number of nitrogens with one attached hydrogen (secondary N) is 1. The smallest absolute Gasteiger partial charge is 0.223 e. The maximum atomic E-state index is 11.9. The predicted octanol–water partition coefficient (Wildman–Crippen LogP) is 3.55. The topological polar surface area (TPSA) is 37.8 Å². The summed E-state index contributed by atoms with van der Waals surface area (Å²) in [4.78, 5) is 8.62. The van der Waals surface area contributed by atoms with E-state index in [9.17, 15) is 4.39 Å². The van der Waals surface area contributed by atoms with E-state index in [2.05, 4.69) is 31.2 Å². The van der Waals surface area contributed by atoms with Gasteiger partial charge in [-0.15, -0.1) is 0 Å². The van der Waals surface area contributed by atoms with Crippen LogP contribution in [-0.2, 0) is 0 Å². The zero-order chi connectivity index (χ0) is 12.1. The van der Waals surface area contributed by atoms with Gasteiger partial charge in [0.1, 0.15) is 0 Å². The summed E-state index contributed by atoms with van der Waals surface area (Å²) in [6.45, 7) is 0.422. The summed E-state index contributed by atoms with van der Waals surface area (Å²) >= 11 is 3.46. The Labute approximate surface area is 108 Å². The molecule has 0 aliphatic carbocycles. The Morgan fingerprint density at radius 3 is 3.00 bits per heavy atom. The number of aromatic nitrogens is 2. The summed E-state index contributed by atoms with van der Waals surface area (Å²) in [7, 11) is 0. The molecule has 0 radical (unpaired) electrons. The fourth-order valence-electron chi connectivity index (χ4n) is 1.52. The fourth-order valence-corrected chi connectivity index (χ4v) is 1.99. The van der Waals surface area contributed by atoms with Crippen molar-refractivity contribution in [3.63, 3.8) is 0 Å². The Morgan fingerprint density at radius 1 is 1.29 bits per heavy atom.